The van der Waals surface area contributed by atoms with E-state index < -0.39 is 5.91 Å². The highest BCUT2D eigenvalue weighted by molar-refractivity contribution is 6.06. The zero-order valence-electron chi connectivity index (χ0n) is 15.0. The summed E-state index contributed by atoms with van der Waals surface area (Å²) in [5.41, 5.74) is 8.30. The van der Waals surface area contributed by atoms with Crippen molar-refractivity contribution in [3.05, 3.63) is 72.1 Å². The molecule has 3 aromatic rings. The number of amides is 2. The van der Waals surface area contributed by atoms with Gasteiger partial charge in [-0.3, -0.25) is 9.59 Å². The number of benzene rings is 2. The number of hydrogen-bond acceptors (Lipinski definition) is 5. The second-order valence-corrected chi connectivity index (χ2v) is 6.09. The topological polar surface area (TPSA) is 101 Å². The van der Waals surface area contributed by atoms with Gasteiger partial charge in [0.2, 0.25) is 0 Å². The first-order chi connectivity index (χ1) is 13.0. The monoisotopic (exact) mass is 367 g/mol. The molecule has 0 saturated carbocycles. The second kappa shape index (κ2) is 7.65. The number of carbonyl (C=O) groups is 2. The second-order valence-electron chi connectivity index (χ2n) is 6.09. The van der Waals surface area contributed by atoms with Gasteiger partial charge in [-0.1, -0.05) is 30.3 Å². The van der Waals surface area contributed by atoms with E-state index in [1.165, 1.54) is 11.1 Å². The number of nitrogens with one attached hydrogen (secondary N) is 1. The van der Waals surface area contributed by atoms with Crippen LogP contribution in [0.3, 0.4) is 0 Å². The Hall–Kier alpha value is -3.74. The van der Waals surface area contributed by atoms with Crippen molar-refractivity contribution < 1.29 is 13.9 Å². The maximum absolute atomic E-state index is 12.5. The lowest BCUT2D eigenvalue weighted by molar-refractivity contribution is 0.0827. The van der Waals surface area contributed by atoms with E-state index in [9.17, 15) is 9.59 Å². The minimum atomic E-state index is -0.438. The van der Waals surface area contributed by atoms with Gasteiger partial charge in [0.25, 0.3) is 11.8 Å². The number of nitrogens with two attached hydrogens (primary N) is 1. The SMILES string of the molecule is CN(C)C(=O)c1ccc(-c2cnc(N)c(C(=O)Nc3ccccc3)n2)cc1.[HH].[HH].[HH]. The highest BCUT2D eigenvalue weighted by atomic mass is 16.2. The summed E-state index contributed by atoms with van der Waals surface area (Å²) in [5.74, 6) is -0.480. The van der Waals surface area contributed by atoms with Crippen LogP contribution in [0.1, 0.15) is 25.1 Å². The molecule has 2 amide bonds. The molecule has 0 bridgehead atoms. The van der Waals surface area contributed by atoms with Crippen LogP contribution in [0.15, 0.2) is 60.8 Å². The van der Waals surface area contributed by atoms with Crippen molar-refractivity contribution in [2.75, 3.05) is 25.1 Å². The molecule has 0 fully saturated rings. The van der Waals surface area contributed by atoms with Gasteiger partial charge in [-0.25, -0.2) is 9.97 Å². The molecule has 0 radical (unpaired) electrons. The van der Waals surface area contributed by atoms with Gasteiger partial charge < -0.3 is 16.0 Å². The Kier molecular flexibility index (Phi) is 5.12. The van der Waals surface area contributed by atoms with Crippen molar-refractivity contribution in [3.8, 4) is 11.3 Å². The lowest BCUT2D eigenvalue weighted by Gasteiger charge is -2.11. The van der Waals surface area contributed by atoms with Crippen LogP contribution in [-0.4, -0.2) is 40.8 Å². The number of aromatic nitrogens is 2. The molecule has 0 atom stereocenters. The molecule has 0 saturated heterocycles. The van der Waals surface area contributed by atoms with Gasteiger partial charge >= 0.3 is 0 Å². The van der Waals surface area contributed by atoms with Crippen LogP contribution >= 0.6 is 0 Å². The van der Waals surface area contributed by atoms with Gasteiger partial charge in [-0.2, -0.15) is 0 Å². The molecule has 27 heavy (non-hydrogen) atoms. The van der Waals surface area contributed by atoms with Crippen molar-refractivity contribution in [1.82, 2.24) is 14.9 Å². The fourth-order valence-electron chi connectivity index (χ4n) is 2.46. The summed E-state index contributed by atoms with van der Waals surface area (Å²) in [4.78, 5) is 34.4. The summed E-state index contributed by atoms with van der Waals surface area (Å²) >= 11 is 0. The van der Waals surface area contributed by atoms with E-state index in [0.717, 1.165) is 5.56 Å². The van der Waals surface area contributed by atoms with E-state index >= 15 is 0 Å². The van der Waals surface area contributed by atoms with Gasteiger partial charge in [0, 0.05) is 35.2 Å². The maximum atomic E-state index is 12.5. The van der Waals surface area contributed by atoms with E-state index in [4.69, 9.17) is 5.73 Å². The molecule has 0 aliphatic heterocycles. The van der Waals surface area contributed by atoms with Crippen molar-refractivity contribution in [2.45, 2.75) is 0 Å². The third kappa shape index (κ3) is 4.09. The Morgan fingerprint density at radius 3 is 2.33 bits per heavy atom. The highest BCUT2D eigenvalue weighted by Crippen LogP contribution is 2.20. The van der Waals surface area contributed by atoms with Crippen LogP contribution in [0.5, 0.6) is 0 Å². The molecule has 1 aromatic heterocycles. The molecular formula is C20H25N5O2. The summed E-state index contributed by atoms with van der Waals surface area (Å²) in [6.45, 7) is 0. The van der Waals surface area contributed by atoms with Crippen LogP contribution in [-0.2, 0) is 0 Å². The Morgan fingerprint density at radius 1 is 1.04 bits per heavy atom. The molecule has 0 unspecified atom stereocenters. The number of hydrogen-bond donors (Lipinski definition) is 2. The summed E-state index contributed by atoms with van der Waals surface area (Å²) in [6, 6.07) is 16.0. The molecule has 0 aliphatic carbocycles. The summed E-state index contributed by atoms with van der Waals surface area (Å²) in [7, 11) is 3.39. The third-order valence-electron chi connectivity index (χ3n) is 3.88. The van der Waals surface area contributed by atoms with Crippen LogP contribution < -0.4 is 11.1 Å². The molecular weight excluding hydrogens is 342 g/mol. The minimum absolute atomic E-state index is 0. The van der Waals surface area contributed by atoms with E-state index in [0.29, 0.717) is 16.9 Å². The number of nitrogens with zero attached hydrogens (tertiary/aromatic N) is 3. The lowest BCUT2D eigenvalue weighted by Crippen LogP contribution is -2.21. The van der Waals surface area contributed by atoms with Crippen LogP contribution in [0.2, 0.25) is 0 Å². The Morgan fingerprint density at radius 2 is 1.70 bits per heavy atom. The zero-order chi connectivity index (χ0) is 19.4. The number of anilines is 2. The van der Waals surface area contributed by atoms with E-state index in [1.54, 1.807) is 50.5 Å². The summed E-state index contributed by atoms with van der Waals surface area (Å²) < 4.78 is 0. The van der Waals surface area contributed by atoms with Gasteiger partial charge in [0.15, 0.2) is 11.5 Å². The van der Waals surface area contributed by atoms with Crippen LogP contribution in [0, 0.1) is 0 Å². The molecule has 7 heteroatoms. The number of para-hydroxylation sites is 1. The molecule has 3 N–H and O–H groups in total. The smallest absolute Gasteiger partial charge is 0.278 e. The summed E-state index contributed by atoms with van der Waals surface area (Å²) in [5, 5.41) is 2.74. The van der Waals surface area contributed by atoms with E-state index in [1.807, 2.05) is 18.2 Å². The maximum Gasteiger partial charge on any atom is 0.278 e. The molecule has 0 spiro atoms. The van der Waals surface area contributed by atoms with E-state index in [-0.39, 0.29) is 21.7 Å². The largest absolute Gasteiger partial charge is 0.382 e. The first-order valence-corrected chi connectivity index (χ1v) is 8.26. The van der Waals surface area contributed by atoms with E-state index in [2.05, 4.69) is 15.3 Å². The molecule has 3 rings (SSSR count). The van der Waals surface area contributed by atoms with Gasteiger partial charge in [0.1, 0.15) is 0 Å². The average molecular weight is 367 g/mol. The van der Waals surface area contributed by atoms with Crippen molar-refractivity contribution in [3.63, 3.8) is 0 Å². The van der Waals surface area contributed by atoms with Crippen molar-refractivity contribution >= 4 is 23.3 Å². The normalized spacial score (nSPS) is 10.3. The lowest BCUT2D eigenvalue weighted by atomic mass is 10.1. The van der Waals surface area contributed by atoms with Gasteiger partial charge in [-0.15, -0.1) is 0 Å². The Labute approximate surface area is 161 Å². The molecule has 142 valence electrons. The van der Waals surface area contributed by atoms with Gasteiger partial charge in [-0.05, 0) is 24.3 Å². The fourth-order valence-corrected chi connectivity index (χ4v) is 2.46. The minimum Gasteiger partial charge on any atom is -0.382 e. The van der Waals surface area contributed by atoms with Gasteiger partial charge in [0.05, 0.1) is 11.9 Å². The van der Waals surface area contributed by atoms with Crippen molar-refractivity contribution in [1.29, 1.82) is 0 Å². The first kappa shape index (κ1) is 18.1. The average Bonchev–Trinajstić information content (AvgIpc) is 2.68. The Balaban J connectivity index is 0.00000280. The first-order valence-electron chi connectivity index (χ1n) is 8.26. The van der Waals surface area contributed by atoms with Crippen LogP contribution in [0.25, 0.3) is 11.3 Å². The summed E-state index contributed by atoms with van der Waals surface area (Å²) in [6.07, 6.45) is 1.50. The predicted octanol–water partition coefficient (Wildman–Crippen LogP) is 3.42. The number of rotatable bonds is 4. The standard InChI is InChI=1S/C20H19N5O2.3H2/c1-25(2)20(27)14-10-8-13(9-11-14)16-12-22-18(21)17(24-16)19(26)23-15-6-4-3-5-7-15;;;/h3-12H,1-2H3,(H2,21,22)(H,23,26);3*1H. The zero-order valence-corrected chi connectivity index (χ0v) is 15.0. The number of carbonyl (C=O) groups excluding carboxylic acids is 2. The molecule has 1 heterocycles. The quantitative estimate of drug-likeness (QED) is 0.736. The predicted molar refractivity (Wildman–Crippen MR) is 111 cm³/mol. The Bertz CT molecular complexity index is 983. The molecule has 0 aliphatic rings. The third-order valence-corrected chi connectivity index (χ3v) is 3.88. The van der Waals surface area contributed by atoms with Crippen LogP contribution in [0.4, 0.5) is 11.5 Å². The number of nitrogen functional groups attached to an aromatic ring is 1. The highest BCUT2D eigenvalue weighted by Gasteiger charge is 2.15. The molecule has 2 aromatic carbocycles. The fraction of sp³-hybridized carbons (Fsp3) is 0.100. The van der Waals surface area contributed by atoms with Crippen molar-refractivity contribution in [2.24, 2.45) is 0 Å². The molecule has 7 nitrogen and oxygen atoms in total.